The van der Waals surface area contributed by atoms with Crippen LogP contribution in [0.3, 0.4) is 0 Å². The summed E-state index contributed by atoms with van der Waals surface area (Å²) in [6.07, 6.45) is 0. The number of fused-ring (bicyclic) bond motifs is 14. The van der Waals surface area contributed by atoms with E-state index in [-0.39, 0.29) is 0 Å². The van der Waals surface area contributed by atoms with Gasteiger partial charge in [-0.2, -0.15) is 0 Å². The van der Waals surface area contributed by atoms with Gasteiger partial charge in [0, 0.05) is 65.8 Å². The number of para-hydroxylation sites is 6. The molecule has 0 N–H and O–H groups in total. The number of nitrogens with zero attached hydrogens (tertiary/aromatic N) is 4. The van der Waals surface area contributed by atoms with Gasteiger partial charge in [0.15, 0.2) is 0 Å². The van der Waals surface area contributed by atoms with Crippen LogP contribution in [0.2, 0.25) is 0 Å². The van der Waals surface area contributed by atoms with Gasteiger partial charge in [0.25, 0.3) is 0 Å². The van der Waals surface area contributed by atoms with Crippen LogP contribution in [0.25, 0.3) is 121 Å². The van der Waals surface area contributed by atoms with E-state index in [1.165, 1.54) is 98.4 Å². The Labute approximate surface area is 368 Å². The molecule has 0 aliphatic rings. The standard InChI is InChI=1S/C60H38N4/c1-3-15-41(16-4-1)61-55-26-14-10-22-51(55)57-56(61)38-37-48-45-19-7-11-23-52(45)62(58(48)57)43-31-27-39(28-32-43)40-29-33-44(34-30-40)64-54-25-13-9-21-47(54)50-36-35-49-46-20-8-12-24-53(46)63(59(49)60(50)64)42-17-5-2-6-18-42/h1-38H. The van der Waals surface area contributed by atoms with Crippen molar-refractivity contribution in [3.63, 3.8) is 0 Å². The van der Waals surface area contributed by atoms with Gasteiger partial charge in [0.2, 0.25) is 0 Å². The van der Waals surface area contributed by atoms with E-state index in [9.17, 15) is 0 Å². The molecular formula is C60H38N4. The first-order valence-electron chi connectivity index (χ1n) is 22.0. The Morgan fingerprint density at radius 2 is 0.516 bits per heavy atom. The van der Waals surface area contributed by atoms with Crippen molar-refractivity contribution >= 4 is 87.2 Å². The molecule has 0 radical (unpaired) electrons. The Balaban J connectivity index is 0.929. The zero-order valence-electron chi connectivity index (χ0n) is 34.7. The van der Waals surface area contributed by atoms with Gasteiger partial charge in [-0.15, -0.1) is 0 Å². The smallest absolute Gasteiger partial charge is 0.0788 e. The van der Waals surface area contributed by atoms with Crippen molar-refractivity contribution in [2.24, 2.45) is 0 Å². The molecule has 4 aromatic heterocycles. The van der Waals surface area contributed by atoms with Crippen molar-refractivity contribution in [1.29, 1.82) is 0 Å². The van der Waals surface area contributed by atoms with Crippen LogP contribution in [0, 0.1) is 0 Å². The summed E-state index contributed by atoms with van der Waals surface area (Å²) >= 11 is 0. The highest BCUT2D eigenvalue weighted by Gasteiger charge is 2.23. The Bertz CT molecular complexity index is 4150. The quantitative estimate of drug-likeness (QED) is 0.165. The summed E-state index contributed by atoms with van der Waals surface area (Å²) in [7, 11) is 0. The van der Waals surface area contributed by atoms with Crippen molar-refractivity contribution in [3.8, 4) is 33.9 Å². The minimum absolute atomic E-state index is 1.13. The minimum atomic E-state index is 1.13. The van der Waals surface area contributed by atoms with E-state index in [0.717, 1.165) is 22.7 Å². The summed E-state index contributed by atoms with van der Waals surface area (Å²) in [5.41, 5.74) is 16.6. The predicted octanol–water partition coefficient (Wildman–Crippen LogP) is 15.7. The number of benzene rings is 10. The normalized spacial score (nSPS) is 12.1. The van der Waals surface area contributed by atoms with Crippen LogP contribution in [0.4, 0.5) is 0 Å². The van der Waals surface area contributed by atoms with Crippen LogP contribution in [-0.4, -0.2) is 18.3 Å². The minimum Gasteiger partial charge on any atom is -0.309 e. The van der Waals surface area contributed by atoms with Gasteiger partial charge in [0.1, 0.15) is 0 Å². The molecule has 4 heterocycles. The molecule has 0 spiro atoms. The number of hydrogen-bond acceptors (Lipinski definition) is 0. The maximum atomic E-state index is 2.47. The molecule has 0 unspecified atom stereocenters. The lowest BCUT2D eigenvalue weighted by Gasteiger charge is -2.13. The van der Waals surface area contributed by atoms with Crippen molar-refractivity contribution in [2.75, 3.05) is 0 Å². The molecule has 0 saturated carbocycles. The van der Waals surface area contributed by atoms with E-state index in [0.29, 0.717) is 0 Å². The average molecular weight is 815 g/mol. The first-order valence-corrected chi connectivity index (χ1v) is 22.0. The molecule has 0 saturated heterocycles. The molecule has 0 amide bonds. The fourth-order valence-corrected chi connectivity index (χ4v) is 10.9. The predicted molar refractivity (Wildman–Crippen MR) is 269 cm³/mol. The highest BCUT2D eigenvalue weighted by molar-refractivity contribution is 6.26. The van der Waals surface area contributed by atoms with Gasteiger partial charge < -0.3 is 18.3 Å². The summed E-state index contributed by atoms with van der Waals surface area (Å²) in [5.74, 6) is 0. The second-order valence-corrected chi connectivity index (χ2v) is 16.9. The van der Waals surface area contributed by atoms with Crippen LogP contribution in [-0.2, 0) is 0 Å². The first kappa shape index (κ1) is 35.0. The summed E-state index contributed by atoms with van der Waals surface area (Å²) in [6.45, 7) is 0. The van der Waals surface area contributed by atoms with Crippen molar-refractivity contribution < 1.29 is 0 Å². The van der Waals surface area contributed by atoms with Gasteiger partial charge >= 0.3 is 0 Å². The molecule has 0 atom stereocenters. The molecule has 0 aliphatic heterocycles. The Kier molecular flexibility index (Phi) is 7.36. The largest absolute Gasteiger partial charge is 0.309 e. The summed E-state index contributed by atoms with van der Waals surface area (Å²) in [6, 6.07) is 84.3. The van der Waals surface area contributed by atoms with Crippen LogP contribution >= 0.6 is 0 Å². The average Bonchev–Trinajstić information content (AvgIpc) is 4.10. The first-order chi connectivity index (χ1) is 31.8. The Morgan fingerprint density at radius 3 is 0.984 bits per heavy atom. The highest BCUT2D eigenvalue weighted by atomic mass is 15.0. The van der Waals surface area contributed by atoms with Crippen LogP contribution in [0.15, 0.2) is 231 Å². The van der Waals surface area contributed by atoms with E-state index in [1.807, 2.05) is 0 Å². The van der Waals surface area contributed by atoms with E-state index >= 15 is 0 Å². The number of aromatic nitrogens is 4. The van der Waals surface area contributed by atoms with Gasteiger partial charge in [-0.3, -0.25) is 0 Å². The maximum Gasteiger partial charge on any atom is 0.0788 e. The lowest BCUT2D eigenvalue weighted by Crippen LogP contribution is -1.98. The molecule has 14 aromatic rings. The van der Waals surface area contributed by atoms with Crippen LogP contribution < -0.4 is 0 Å². The Hall–Kier alpha value is -8.60. The fraction of sp³-hybridized carbons (Fsp3) is 0. The summed E-state index contributed by atoms with van der Waals surface area (Å²) < 4.78 is 9.79. The van der Waals surface area contributed by atoms with Crippen molar-refractivity contribution in [3.05, 3.63) is 231 Å². The molecule has 0 bridgehead atoms. The zero-order chi connectivity index (χ0) is 41.9. The Morgan fingerprint density at radius 1 is 0.188 bits per heavy atom. The fourth-order valence-electron chi connectivity index (χ4n) is 10.9. The lowest BCUT2D eigenvalue weighted by atomic mass is 10.0. The van der Waals surface area contributed by atoms with E-state index < -0.39 is 0 Å². The SMILES string of the molecule is c1ccc(-n2c3ccccc3c3c2ccc2c4ccccc4n(-c4ccc(-c5ccc(-n6c7ccccc7c7ccc8c9ccccc9n(-c9ccccc9)c8c76)cc5)cc4)c23)cc1. The molecule has 64 heavy (non-hydrogen) atoms. The van der Waals surface area contributed by atoms with E-state index in [1.54, 1.807) is 0 Å². The second-order valence-electron chi connectivity index (χ2n) is 16.9. The molecule has 4 nitrogen and oxygen atoms in total. The highest BCUT2D eigenvalue weighted by Crippen LogP contribution is 2.44. The third-order valence-electron chi connectivity index (χ3n) is 13.6. The molecule has 0 aliphatic carbocycles. The van der Waals surface area contributed by atoms with Crippen LogP contribution in [0.1, 0.15) is 0 Å². The molecular weight excluding hydrogens is 777 g/mol. The molecule has 10 aromatic carbocycles. The molecule has 298 valence electrons. The maximum absolute atomic E-state index is 2.47. The number of hydrogen-bond donors (Lipinski definition) is 0. The van der Waals surface area contributed by atoms with Crippen molar-refractivity contribution in [2.45, 2.75) is 0 Å². The van der Waals surface area contributed by atoms with Crippen LogP contribution in [0.5, 0.6) is 0 Å². The third kappa shape index (κ3) is 4.88. The number of rotatable bonds is 5. The van der Waals surface area contributed by atoms with Crippen molar-refractivity contribution in [1.82, 2.24) is 18.3 Å². The third-order valence-corrected chi connectivity index (χ3v) is 13.6. The monoisotopic (exact) mass is 814 g/mol. The van der Waals surface area contributed by atoms with Gasteiger partial charge in [-0.25, -0.2) is 0 Å². The molecule has 4 heteroatoms. The molecule has 14 rings (SSSR count). The van der Waals surface area contributed by atoms with E-state index in [4.69, 9.17) is 0 Å². The van der Waals surface area contributed by atoms with Gasteiger partial charge in [-0.1, -0.05) is 152 Å². The van der Waals surface area contributed by atoms with Gasteiger partial charge in [0.05, 0.1) is 44.1 Å². The lowest BCUT2D eigenvalue weighted by molar-refractivity contribution is 1.15. The topological polar surface area (TPSA) is 19.7 Å². The second kappa shape index (κ2) is 13.4. The summed E-state index contributed by atoms with van der Waals surface area (Å²) in [4.78, 5) is 0. The summed E-state index contributed by atoms with van der Waals surface area (Å²) in [5, 5.41) is 10.0. The zero-order valence-corrected chi connectivity index (χ0v) is 34.7. The van der Waals surface area contributed by atoms with Gasteiger partial charge in [-0.05, 0) is 90.0 Å². The molecule has 0 fully saturated rings. The van der Waals surface area contributed by atoms with E-state index in [2.05, 4.69) is 249 Å².